The molecule has 0 aliphatic carbocycles. The van der Waals surface area contributed by atoms with Crippen molar-refractivity contribution in [3.63, 3.8) is 0 Å². The van der Waals surface area contributed by atoms with Gasteiger partial charge in [0.15, 0.2) is 0 Å². The normalized spacial score (nSPS) is 14.8. The van der Waals surface area contributed by atoms with Gasteiger partial charge in [-0.25, -0.2) is 0 Å². The molecule has 0 spiro atoms. The molecule has 6 heteroatoms. The van der Waals surface area contributed by atoms with Crippen molar-refractivity contribution in [3.8, 4) is 0 Å². The van der Waals surface area contributed by atoms with Gasteiger partial charge in [0.05, 0.1) is 12.6 Å². The smallest absolute Gasteiger partial charge is 0.246 e. The average Bonchev–Trinajstić information content (AvgIpc) is 2.86. The van der Waals surface area contributed by atoms with Crippen LogP contribution in [0.2, 0.25) is 0 Å². The van der Waals surface area contributed by atoms with Crippen LogP contribution in [0.15, 0.2) is 24.3 Å². The Labute approximate surface area is 137 Å². The highest BCUT2D eigenvalue weighted by Gasteiger charge is 2.29. The summed E-state index contributed by atoms with van der Waals surface area (Å²) in [6.45, 7) is 6.34. The maximum Gasteiger partial charge on any atom is 0.246 e. The van der Waals surface area contributed by atoms with E-state index in [0.29, 0.717) is 6.54 Å². The van der Waals surface area contributed by atoms with E-state index in [9.17, 15) is 9.59 Å². The van der Waals surface area contributed by atoms with Gasteiger partial charge in [-0.15, -0.1) is 12.4 Å². The van der Waals surface area contributed by atoms with Crippen molar-refractivity contribution < 1.29 is 9.59 Å². The number of benzene rings is 1. The van der Waals surface area contributed by atoms with Gasteiger partial charge in [-0.05, 0) is 23.5 Å². The van der Waals surface area contributed by atoms with E-state index in [0.717, 1.165) is 12.1 Å². The molecule has 2 amide bonds. The number of nitrogens with two attached hydrogens (primary N) is 1. The van der Waals surface area contributed by atoms with Crippen molar-refractivity contribution in [1.82, 2.24) is 5.32 Å². The summed E-state index contributed by atoms with van der Waals surface area (Å²) in [5.41, 5.74) is 7.66. The molecule has 1 aromatic carbocycles. The number of fused-ring (bicyclic) bond motifs is 1. The molecule has 1 aliphatic rings. The summed E-state index contributed by atoms with van der Waals surface area (Å²) in [5.74, 6) is -0.391. The van der Waals surface area contributed by atoms with Crippen LogP contribution in [0.1, 0.15) is 26.3 Å². The van der Waals surface area contributed by atoms with Gasteiger partial charge < -0.3 is 16.0 Å². The zero-order valence-electron chi connectivity index (χ0n) is 13.3. The van der Waals surface area contributed by atoms with E-state index in [4.69, 9.17) is 5.73 Å². The largest absolute Gasteiger partial charge is 0.346 e. The fourth-order valence-electron chi connectivity index (χ4n) is 2.36. The van der Waals surface area contributed by atoms with E-state index in [1.807, 2.05) is 45.0 Å². The van der Waals surface area contributed by atoms with Crippen LogP contribution in [0.4, 0.5) is 5.69 Å². The maximum absolute atomic E-state index is 12.3. The van der Waals surface area contributed by atoms with E-state index >= 15 is 0 Å². The lowest BCUT2D eigenvalue weighted by molar-refractivity contribution is -0.127. The van der Waals surface area contributed by atoms with E-state index in [1.165, 1.54) is 5.56 Å². The van der Waals surface area contributed by atoms with Crippen LogP contribution in [0.5, 0.6) is 0 Å². The van der Waals surface area contributed by atoms with Crippen LogP contribution in [0, 0.1) is 5.41 Å². The number of amides is 2. The quantitative estimate of drug-likeness (QED) is 0.884. The van der Waals surface area contributed by atoms with Gasteiger partial charge in [0, 0.05) is 12.2 Å². The number of hydrogen-bond acceptors (Lipinski definition) is 3. The summed E-state index contributed by atoms with van der Waals surface area (Å²) in [7, 11) is 0. The van der Waals surface area contributed by atoms with Gasteiger partial charge in [-0.1, -0.05) is 39.0 Å². The Kier molecular flexibility index (Phi) is 5.97. The third-order valence-corrected chi connectivity index (χ3v) is 3.82. The highest BCUT2D eigenvalue weighted by atomic mass is 35.5. The van der Waals surface area contributed by atoms with Crippen molar-refractivity contribution in [2.45, 2.75) is 33.2 Å². The van der Waals surface area contributed by atoms with Crippen LogP contribution < -0.4 is 16.0 Å². The lowest BCUT2D eigenvalue weighted by atomic mass is 9.87. The molecule has 3 N–H and O–H groups in total. The van der Waals surface area contributed by atoms with Crippen LogP contribution in [0.25, 0.3) is 0 Å². The van der Waals surface area contributed by atoms with Gasteiger partial charge in [0.2, 0.25) is 11.8 Å². The molecule has 1 aliphatic heterocycles. The molecule has 0 radical (unpaired) electrons. The molecular weight excluding hydrogens is 302 g/mol. The molecule has 0 bridgehead atoms. The standard InChI is InChI=1S/C16H23N3O2.ClH/c1-16(2,3)14(17)15(21)18-10-13(20)19-9-8-11-6-4-5-7-12(11)19;/h4-7,14H,8-10,17H2,1-3H3,(H,18,21);1H/t14-;/m1./s1. The van der Waals surface area contributed by atoms with E-state index in [1.54, 1.807) is 4.90 Å². The summed E-state index contributed by atoms with van der Waals surface area (Å²) >= 11 is 0. The summed E-state index contributed by atoms with van der Waals surface area (Å²) < 4.78 is 0. The molecule has 0 unspecified atom stereocenters. The first kappa shape index (κ1) is 18.5. The lowest BCUT2D eigenvalue weighted by Crippen LogP contribution is -2.51. The Balaban J connectivity index is 0.00000242. The number of anilines is 1. The van der Waals surface area contributed by atoms with Crippen LogP contribution in [-0.4, -0.2) is 30.9 Å². The number of nitrogens with zero attached hydrogens (tertiary/aromatic N) is 1. The lowest BCUT2D eigenvalue weighted by Gasteiger charge is -2.26. The van der Waals surface area contributed by atoms with Crippen molar-refractivity contribution in [3.05, 3.63) is 29.8 Å². The second-order valence-electron chi connectivity index (χ2n) is 6.49. The number of rotatable bonds is 3. The summed E-state index contributed by atoms with van der Waals surface area (Å²) in [4.78, 5) is 25.9. The van der Waals surface area contributed by atoms with Crippen molar-refractivity contribution >= 4 is 29.9 Å². The highest BCUT2D eigenvalue weighted by molar-refractivity contribution is 5.98. The first-order valence-electron chi connectivity index (χ1n) is 7.22. The Bertz CT molecular complexity index is 555. The molecule has 0 saturated heterocycles. The molecule has 122 valence electrons. The SMILES string of the molecule is CC(C)(C)[C@H](N)C(=O)NCC(=O)N1CCc2ccccc21.Cl. The van der Waals surface area contributed by atoms with Gasteiger partial charge in [0.25, 0.3) is 0 Å². The van der Waals surface area contributed by atoms with E-state index in [2.05, 4.69) is 5.32 Å². The van der Waals surface area contributed by atoms with Gasteiger partial charge >= 0.3 is 0 Å². The minimum atomic E-state index is -0.629. The van der Waals surface area contributed by atoms with Crippen molar-refractivity contribution in [2.24, 2.45) is 11.1 Å². The number of carbonyl (C=O) groups excluding carboxylic acids is 2. The Morgan fingerprint density at radius 1 is 1.32 bits per heavy atom. The fraction of sp³-hybridized carbons (Fsp3) is 0.500. The molecule has 0 saturated carbocycles. The molecule has 22 heavy (non-hydrogen) atoms. The average molecular weight is 326 g/mol. The van der Waals surface area contributed by atoms with Gasteiger partial charge in [-0.2, -0.15) is 0 Å². The summed E-state index contributed by atoms with van der Waals surface area (Å²) in [6, 6.07) is 7.21. The number of nitrogens with one attached hydrogen (secondary N) is 1. The third-order valence-electron chi connectivity index (χ3n) is 3.82. The van der Waals surface area contributed by atoms with Crippen LogP contribution >= 0.6 is 12.4 Å². The molecule has 5 nitrogen and oxygen atoms in total. The van der Waals surface area contributed by atoms with Gasteiger partial charge in [0.1, 0.15) is 0 Å². The molecule has 1 aromatic rings. The van der Waals surface area contributed by atoms with Crippen molar-refractivity contribution in [1.29, 1.82) is 0 Å². The third kappa shape index (κ3) is 3.99. The Hall–Kier alpha value is -1.59. The fourth-order valence-corrected chi connectivity index (χ4v) is 2.36. The Morgan fingerprint density at radius 3 is 2.59 bits per heavy atom. The van der Waals surface area contributed by atoms with Crippen LogP contribution in [-0.2, 0) is 16.0 Å². The first-order chi connectivity index (χ1) is 9.80. The number of carbonyl (C=O) groups is 2. The molecule has 0 aromatic heterocycles. The highest BCUT2D eigenvalue weighted by Crippen LogP contribution is 2.27. The van der Waals surface area contributed by atoms with Crippen LogP contribution in [0.3, 0.4) is 0 Å². The Morgan fingerprint density at radius 2 is 1.95 bits per heavy atom. The zero-order chi connectivity index (χ0) is 15.6. The summed E-state index contributed by atoms with van der Waals surface area (Å²) in [6.07, 6.45) is 0.858. The minimum Gasteiger partial charge on any atom is -0.346 e. The molecule has 2 rings (SSSR count). The molecule has 1 heterocycles. The van der Waals surface area contributed by atoms with E-state index in [-0.39, 0.29) is 36.2 Å². The van der Waals surface area contributed by atoms with E-state index < -0.39 is 6.04 Å². The topological polar surface area (TPSA) is 75.4 Å². The molecular formula is C16H24ClN3O2. The monoisotopic (exact) mass is 325 g/mol. The predicted octanol–water partition coefficient (Wildman–Crippen LogP) is 1.49. The second-order valence-corrected chi connectivity index (χ2v) is 6.49. The first-order valence-corrected chi connectivity index (χ1v) is 7.22. The maximum atomic E-state index is 12.3. The second kappa shape index (κ2) is 7.11. The number of hydrogen-bond donors (Lipinski definition) is 2. The predicted molar refractivity (Wildman–Crippen MR) is 90.2 cm³/mol. The zero-order valence-corrected chi connectivity index (χ0v) is 14.1. The molecule has 0 fully saturated rings. The van der Waals surface area contributed by atoms with Crippen molar-refractivity contribution in [2.75, 3.05) is 18.0 Å². The summed E-state index contributed by atoms with van der Waals surface area (Å²) in [5, 5.41) is 2.64. The number of halogens is 1. The van der Waals surface area contributed by atoms with Gasteiger partial charge in [-0.3, -0.25) is 9.59 Å². The minimum absolute atomic E-state index is 0. The molecule has 1 atom stereocenters. The number of para-hydroxylation sites is 1.